The Bertz CT molecular complexity index is 525. The lowest BCUT2D eigenvalue weighted by atomic mass is 10.2. The van der Waals surface area contributed by atoms with Crippen molar-refractivity contribution in [1.82, 2.24) is 15.0 Å². The first-order valence-electron chi connectivity index (χ1n) is 4.87. The second-order valence-corrected chi connectivity index (χ2v) is 4.24. The Labute approximate surface area is 95.8 Å². The molecule has 0 bridgehead atoms. The third-order valence-electron chi connectivity index (χ3n) is 2.45. The van der Waals surface area contributed by atoms with Gasteiger partial charge in [0.2, 0.25) is 5.95 Å². The van der Waals surface area contributed by atoms with Gasteiger partial charge in [-0.1, -0.05) is 0 Å². The summed E-state index contributed by atoms with van der Waals surface area (Å²) in [6, 6.07) is 1.73. The fourth-order valence-electron chi connectivity index (χ4n) is 1.68. The highest BCUT2D eigenvalue weighted by Gasteiger charge is 2.28. The van der Waals surface area contributed by atoms with Crippen molar-refractivity contribution in [2.45, 2.75) is 6.42 Å². The Morgan fingerprint density at radius 1 is 1.25 bits per heavy atom. The molecule has 2 aromatic rings. The molecule has 0 spiro atoms. The van der Waals surface area contributed by atoms with Crippen LogP contribution in [0.15, 0.2) is 24.0 Å². The second-order valence-electron chi connectivity index (χ2n) is 3.38. The zero-order valence-electron chi connectivity index (χ0n) is 8.33. The van der Waals surface area contributed by atoms with Crippen molar-refractivity contribution in [1.29, 1.82) is 0 Å². The first-order chi connectivity index (χ1) is 7.86. The molecule has 0 radical (unpaired) electrons. The standard InChI is InChI=1S/C10H8N4OS/c15-9-8-7(13-6-16-8)2-5-14(9)10-11-3-1-4-12-10/h1,3-4,6H,2,5H2. The molecule has 3 heterocycles. The summed E-state index contributed by atoms with van der Waals surface area (Å²) in [5.74, 6) is 0.418. The van der Waals surface area contributed by atoms with Crippen LogP contribution in [0.5, 0.6) is 0 Å². The predicted molar refractivity (Wildman–Crippen MR) is 59.5 cm³/mol. The van der Waals surface area contributed by atoms with E-state index in [1.807, 2.05) is 0 Å². The molecule has 80 valence electrons. The van der Waals surface area contributed by atoms with Crippen LogP contribution in [0.2, 0.25) is 0 Å². The molecule has 1 aliphatic heterocycles. The largest absolute Gasteiger partial charge is 0.275 e. The topological polar surface area (TPSA) is 59.0 Å². The normalized spacial score (nSPS) is 15.0. The number of amides is 1. The number of fused-ring (bicyclic) bond motifs is 1. The number of thiazole rings is 1. The van der Waals surface area contributed by atoms with Crippen LogP contribution in [-0.2, 0) is 6.42 Å². The van der Waals surface area contributed by atoms with E-state index in [1.165, 1.54) is 11.3 Å². The van der Waals surface area contributed by atoms with Gasteiger partial charge < -0.3 is 0 Å². The molecular formula is C10H8N4OS. The molecule has 3 rings (SSSR count). The maximum atomic E-state index is 12.1. The lowest BCUT2D eigenvalue weighted by Crippen LogP contribution is -2.38. The minimum absolute atomic E-state index is 0.0463. The molecule has 0 N–H and O–H groups in total. The summed E-state index contributed by atoms with van der Waals surface area (Å²) in [6.07, 6.45) is 4.04. The Hall–Kier alpha value is -1.82. The van der Waals surface area contributed by atoms with Crippen LogP contribution in [0.1, 0.15) is 15.4 Å². The van der Waals surface area contributed by atoms with Crippen molar-refractivity contribution in [2.24, 2.45) is 0 Å². The van der Waals surface area contributed by atoms with Gasteiger partial charge in [0.15, 0.2) is 0 Å². The molecule has 16 heavy (non-hydrogen) atoms. The molecule has 0 atom stereocenters. The highest BCUT2D eigenvalue weighted by atomic mass is 32.1. The van der Waals surface area contributed by atoms with Gasteiger partial charge in [-0.05, 0) is 6.07 Å². The fourth-order valence-corrected chi connectivity index (χ4v) is 2.47. The van der Waals surface area contributed by atoms with E-state index in [1.54, 1.807) is 28.9 Å². The second kappa shape index (κ2) is 3.64. The highest BCUT2D eigenvalue weighted by molar-refractivity contribution is 7.12. The SMILES string of the molecule is O=C1c2scnc2CCN1c1ncccn1. The van der Waals surface area contributed by atoms with Crippen LogP contribution >= 0.6 is 11.3 Å². The fraction of sp³-hybridized carbons (Fsp3) is 0.200. The van der Waals surface area contributed by atoms with Gasteiger partial charge in [-0.3, -0.25) is 9.69 Å². The van der Waals surface area contributed by atoms with Crippen LogP contribution in [0.4, 0.5) is 5.95 Å². The molecule has 0 saturated carbocycles. The summed E-state index contributed by atoms with van der Waals surface area (Å²) in [6.45, 7) is 0.597. The molecule has 0 aliphatic carbocycles. The molecule has 0 unspecified atom stereocenters. The van der Waals surface area contributed by atoms with Crippen molar-refractivity contribution < 1.29 is 4.79 Å². The first kappa shape index (κ1) is 9.41. The Morgan fingerprint density at radius 2 is 2.06 bits per heavy atom. The van der Waals surface area contributed by atoms with Crippen LogP contribution in [-0.4, -0.2) is 27.4 Å². The van der Waals surface area contributed by atoms with E-state index in [0.717, 1.165) is 12.1 Å². The smallest absolute Gasteiger partial charge is 0.272 e. The summed E-state index contributed by atoms with van der Waals surface area (Å²) in [7, 11) is 0. The zero-order valence-corrected chi connectivity index (χ0v) is 9.15. The number of carbonyl (C=O) groups excluding carboxylic acids is 1. The summed E-state index contributed by atoms with van der Waals surface area (Å²) < 4.78 is 0. The van der Waals surface area contributed by atoms with Crippen molar-refractivity contribution in [3.05, 3.63) is 34.5 Å². The van der Waals surface area contributed by atoms with Gasteiger partial charge in [0.25, 0.3) is 5.91 Å². The zero-order chi connectivity index (χ0) is 11.0. The number of carbonyl (C=O) groups is 1. The molecular weight excluding hydrogens is 224 g/mol. The van der Waals surface area contributed by atoms with Gasteiger partial charge >= 0.3 is 0 Å². The van der Waals surface area contributed by atoms with Gasteiger partial charge in [-0.25, -0.2) is 15.0 Å². The van der Waals surface area contributed by atoms with Crippen molar-refractivity contribution in [3.8, 4) is 0 Å². The Morgan fingerprint density at radius 3 is 2.88 bits per heavy atom. The Kier molecular flexibility index (Phi) is 2.14. The number of nitrogens with zero attached hydrogens (tertiary/aromatic N) is 4. The number of hydrogen-bond acceptors (Lipinski definition) is 5. The maximum Gasteiger partial charge on any atom is 0.272 e. The maximum absolute atomic E-state index is 12.1. The van der Waals surface area contributed by atoms with Gasteiger partial charge in [-0.2, -0.15) is 0 Å². The minimum atomic E-state index is -0.0463. The van der Waals surface area contributed by atoms with Crippen molar-refractivity contribution in [2.75, 3.05) is 11.4 Å². The average molecular weight is 232 g/mol. The van der Waals surface area contributed by atoms with E-state index in [-0.39, 0.29) is 5.91 Å². The average Bonchev–Trinajstić information content (AvgIpc) is 2.80. The van der Waals surface area contributed by atoms with E-state index in [0.29, 0.717) is 17.4 Å². The Balaban J connectivity index is 1.99. The van der Waals surface area contributed by atoms with Crippen LogP contribution in [0.25, 0.3) is 0 Å². The molecule has 1 amide bonds. The quantitative estimate of drug-likeness (QED) is 0.739. The van der Waals surface area contributed by atoms with Crippen LogP contribution in [0, 0.1) is 0 Å². The monoisotopic (exact) mass is 232 g/mol. The molecule has 1 aliphatic rings. The summed E-state index contributed by atoms with van der Waals surface area (Å²) in [5.41, 5.74) is 2.60. The summed E-state index contributed by atoms with van der Waals surface area (Å²) in [5, 5.41) is 0. The molecule has 0 aromatic carbocycles. The van der Waals surface area contributed by atoms with Crippen molar-refractivity contribution >= 4 is 23.2 Å². The third-order valence-corrected chi connectivity index (χ3v) is 3.30. The lowest BCUT2D eigenvalue weighted by molar-refractivity contribution is 0.0982. The van der Waals surface area contributed by atoms with Crippen molar-refractivity contribution in [3.63, 3.8) is 0 Å². The van der Waals surface area contributed by atoms with E-state index < -0.39 is 0 Å². The number of aromatic nitrogens is 3. The van der Waals surface area contributed by atoms with Crippen LogP contribution in [0.3, 0.4) is 0 Å². The minimum Gasteiger partial charge on any atom is -0.275 e. The molecule has 5 nitrogen and oxygen atoms in total. The molecule has 0 saturated heterocycles. The molecule has 0 fully saturated rings. The van der Waals surface area contributed by atoms with Gasteiger partial charge in [0, 0.05) is 25.4 Å². The van der Waals surface area contributed by atoms with Gasteiger partial charge in [-0.15, -0.1) is 11.3 Å². The van der Waals surface area contributed by atoms with E-state index in [4.69, 9.17) is 0 Å². The number of hydrogen-bond donors (Lipinski definition) is 0. The predicted octanol–water partition coefficient (Wildman–Crippen LogP) is 1.14. The van der Waals surface area contributed by atoms with Gasteiger partial charge in [0.1, 0.15) is 4.88 Å². The van der Waals surface area contributed by atoms with Gasteiger partial charge in [0.05, 0.1) is 11.2 Å². The van der Waals surface area contributed by atoms with Crippen LogP contribution < -0.4 is 4.90 Å². The molecule has 2 aromatic heterocycles. The summed E-state index contributed by atoms with van der Waals surface area (Å²) >= 11 is 1.37. The van der Waals surface area contributed by atoms with E-state index in [2.05, 4.69) is 15.0 Å². The van der Waals surface area contributed by atoms with E-state index >= 15 is 0 Å². The summed E-state index contributed by atoms with van der Waals surface area (Å²) in [4.78, 5) is 26.7. The number of rotatable bonds is 1. The lowest BCUT2D eigenvalue weighted by Gasteiger charge is -2.23. The third kappa shape index (κ3) is 1.38. The first-order valence-corrected chi connectivity index (χ1v) is 5.75. The number of anilines is 1. The molecule has 6 heteroatoms. The van der Waals surface area contributed by atoms with E-state index in [9.17, 15) is 4.79 Å². The highest BCUT2D eigenvalue weighted by Crippen LogP contribution is 2.23.